The van der Waals surface area contributed by atoms with Gasteiger partial charge in [0, 0.05) is 18.0 Å². The third-order valence-corrected chi connectivity index (χ3v) is 7.66. The van der Waals surface area contributed by atoms with Crippen LogP contribution in [-0.2, 0) is 27.5 Å². The Bertz CT molecular complexity index is 1330. The molecule has 2 atom stereocenters. The molecule has 3 heterocycles. The molecule has 1 aromatic heterocycles. The first-order valence-electron chi connectivity index (χ1n) is 12.7. The molecule has 2 aliphatic rings. The van der Waals surface area contributed by atoms with Crippen LogP contribution >= 0.6 is 0 Å². The Morgan fingerprint density at radius 3 is 2.61 bits per heavy atom. The smallest absolute Gasteiger partial charge is 0.343 e. The van der Waals surface area contributed by atoms with Gasteiger partial charge in [-0.15, -0.1) is 0 Å². The van der Waals surface area contributed by atoms with E-state index < -0.39 is 5.97 Å². The molecule has 0 saturated carbocycles. The second kappa shape index (κ2) is 9.45. The number of ketones is 1. The maximum absolute atomic E-state index is 13.1. The van der Waals surface area contributed by atoms with E-state index in [1.54, 1.807) is 13.1 Å². The number of benzene rings is 2. The van der Waals surface area contributed by atoms with E-state index in [1.165, 1.54) is 0 Å². The van der Waals surface area contributed by atoms with Gasteiger partial charge in [-0.1, -0.05) is 63.2 Å². The maximum Gasteiger partial charge on any atom is 0.343 e. The molecule has 0 bridgehead atoms. The number of fused-ring (bicyclic) bond motifs is 5. The van der Waals surface area contributed by atoms with Gasteiger partial charge in [0.25, 0.3) is 0 Å². The van der Waals surface area contributed by atoms with Gasteiger partial charge < -0.3 is 14.4 Å². The van der Waals surface area contributed by atoms with Crippen molar-refractivity contribution in [3.05, 3.63) is 71.6 Å². The van der Waals surface area contributed by atoms with Gasteiger partial charge in [0.15, 0.2) is 5.78 Å². The highest BCUT2D eigenvalue weighted by Crippen LogP contribution is 2.46. The fourth-order valence-corrected chi connectivity index (χ4v) is 5.26. The lowest BCUT2D eigenvalue weighted by Crippen LogP contribution is -2.53. The average molecular weight is 488 g/mol. The highest BCUT2D eigenvalue weighted by atomic mass is 16.5. The summed E-state index contributed by atoms with van der Waals surface area (Å²) >= 11 is 0. The molecule has 0 radical (unpaired) electrons. The van der Waals surface area contributed by atoms with E-state index in [2.05, 4.69) is 30.4 Å². The fourth-order valence-electron chi connectivity index (χ4n) is 5.26. The van der Waals surface area contributed by atoms with Crippen LogP contribution in [0.15, 0.2) is 60.3 Å². The molecule has 188 valence electrons. The number of aromatic nitrogens is 2. The van der Waals surface area contributed by atoms with Crippen LogP contribution in [0.3, 0.4) is 0 Å². The molecule has 2 unspecified atom stereocenters. The zero-order chi connectivity index (χ0) is 25.4. The van der Waals surface area contributed by atoms with Crippen molar-refractivity contribution in [3.63, 3.8) is 0 Å². The number of carbonyl (C=O) groups excluding carboxylic acids is 2. The average Bonchev–Trinajstić information content (AvgIpc) is 3.26. The van der Waals surface area contributed by atoms with Gasteiger partial charge in [0.2, 0.25) is 0 Å². The molecule has 0 aliphatic carbocycles. The van der Waals surface area contributed by atoms with Crippen LogP contribution in [-0.4, -0.2) is 39.1 Å². The minimum Gasteiger partial charge on any atom is -0.487 e. The molecule has 5 rings (SSSR count). The molecular formula is C29H33N3O4. The Morgan fingerprint density at radius 2 is 1.89 bits per heavy atom. The monoisotopic (exact) mass is 487 g/mol. The van der Waals surface area contributed by atoms with Crippen LogP contribution < -0.4 is 4.74 Å². The van der Waals surface area contributed by atoms with Gasteiger partial charge in [0.1, 0.15) is 23.4 Å². The molecule has 0 spiro atoms. The molecule has 7 heteroatoms. The topological polar surface area (TPSA) is 73.7 Å². The second-order valence-electron chi connectivity index (χ2n) is 10.2. The van der Waals surface area contributed by atoms with Gasteiger partial charge >= 0.3 is 5.97 Å². The molecule has 36 heavy (non-hydrogen) atoms. The van der Waals surface area contributed by atoms with Gasteiger partial charge in [-0.05, 0) is 30.4 Å². The summed E-state index contributed by atoms with van der Waals surface area (Å²) in [5.74, 6) is -0.0161. The number of hydrogen-bond acceptors (Lipinski definition) is 6. The lowest BCUT2D eigenvalue weighted by atomic mass is 9.77. The first kappa shape index (κ1) is 24.1. The first-order chi connectivity index (χ1) is 17.3. The molecule has 0 saturated heterocycles. The minimum absolute atomic E-state index is 0.0560. The molecule has 0 N–H and O–H groups in total. The van der Waals surface area contributed by atoms with Crippen molar-refractivity contribution in [2.45, 2.75) is 65.8 Å². The normalized spacial score (nSPS) is 19.5. The van der Waals surface area contributed by atoms with Crippen molar-refractivity contribution >= 4 is 22.7 Å². The van der Waals surface area contributed by atoms with E-state index in [-0.39, 0.29) is 41.9 Å². The number of hydrogen-bond donors (Lipinski definition) is 0. The third kappa shape index (κ3) is 4.16. The van der Waals surface area contributed by atoms with E-state index in [1.807, 2.05) is 48.5 Å². The van der Waals surface area contributed by atoms with Crippen LogP contribution in [0.2, 0.25) is 0 Å². The lowest BCUT2D eigenvalue weighted by Gasteiger charge is -2.50. The van der Waals surface area contributed by atoms with Crippen molar-refractivity contribution in [2.24, 2.45) is 5.41 Å². The van der Waals surface area contributed by atoms with Gasteiger partial charge in [0.05, 0.1) is 30.9 Å². The molecule has 2 aliphatic heterocycles. The number of rotatable bonds is 7. The molecule has 0 amide bonds. The molecule has 0 fully saturated rings. The summed E-state index contributed by atoms with van der Waals surface area (Å²) in [5.41, 5.74) is 2.94. The van der Waals surface area contributed by atoms with Gasteiger partial charge in [-0.25, -0.2) is 4.79 Å². The van der Waals surface area contributed by atoms with E-state index in [4.69, 9.17) is 14.6 Å². The predicted octanol–water partition coefficient (Wildman–Crippen LogP) is 5.20. The third-order valence-electron chi connectivity index (χ3n) is 7.66. The lowest BCUT2D eigenvalue weighted by molar-refractivity contribution is -0.141. The largest absolute Gasteiger partial charge is 0.487 e. The van der Waals surface area contributed by atoms with Crippen molar-refractivity contribution in [2.75, 3.05) is 6.61 Å². The van der Waals surface area contributed by atoms with E-state index in [0.29, 0.717) is 13.2 Å². The Labute approximate surface area is 211 Å². The van der Waals surface area contributed by atoms with Crippen molar-refractivity contribution in [1.29, 1.82) is 0 Å². The summed E-state index contributed by atoms with van der Waals surface area (Å²) in [5, 5.41) is 5.98. The summed E-state index contributed by atoms with van der Waals surface area (Å²) in [4.78, 5) is 27.9. The van der Waals surface area contributed by atoms with Crippen LogP contribution in [0.25, 0.3) is 10.9 Å². The number of carbonyl (C=O) groups is 2. The van der Waals surface area contributed by atoms with Gasteiger partial charge in [-0.3, -0.25) is 9.48 Å². The maximum atomic E-state index is 13.1. The van der Waals surface area contributed by atoms with Crippen molar-refractivity contribution in [1.82, 2.24) is 14.7 Å². The van der Waals surface area contributed by atoms with E-state index in [9.17, 15) is 9.59 Å². The van der Waals surface area contributed by atoms with Crippen LogP contribution in [0.4, 0.5) is 0 Å². The summed E-state index contributed by atoms with van der Waals surface area (Å²) in [6.45, 7) is 9.72. The standard InChI is InChI=1S/C29H33N3O4/c1-5-29(3,4)25-17-32-27(22-15-23(33)21(16-31(22)25)28(34)35-6-2)20-13-10-14-24(26(20)30-32)36-18-19-11-8-7-9-12-19/h7-14,16,22,25H,5-6,15,17-18H2,1-4H3. The van der Waals surface area contributed by atoms with Crippen LogP contribution in [0.1, 0.15) is 57.8 Å². The fraction of sp³-hybridized carbons (Fsp3) is 0.414. The Hall–Kier alpha value is -3.61. The van der Waals surface area contributed by atoms with Crippen LogP contribution in [0.5, 0.6) is 5.75 Å². The number of nitrogens with zero attached hydrogens (tertiary/aromatic N) is 3. The summed E-state index contributed by atoms with van der Waals surface area (Å²) in [6.07, 6.45) is 2.89. The van der Waals surface area contributed by atoms with E-state index in [0.717, 1.165) is 34.3 Å². The van der Waals surface area contributed by atoms with Crippen molar-refractivity contribution in [3.8, 4) is 5.75 Å². The quantitative estimate of drug-likeness (QED) is 0.337. The van der Waals surface area contributed by atoms with E-state index >= 15 is 0 Å². The Morgan fingerprint density at radius 1 is 1.11 bits per heavy atom. The Kier molecular flexibility index (Phi) is 6.33. The number of Topliss-reactive ketones (excluding diaryl/α,β-unsaturated/α-hetero) is 1. The summed E-state index contributed by atoms with van der Waals surface area (Å²) in [7, 11) is 0. The zero-order valence-corrected chi connectivity index (χ0v) is 21.4. The zero-order valence-electron chi connectivity index (χ0n) is 21.4. The molecule has 3 aromatic rings. The van der Waals surface area contributed by atoms with Crippen LogP contribution in [0, 0.1) is 5.41 Å². The summed E-state index contributed by atoms with van der Waals surface area (Å²) in [6, 6.07) is 15.9. The Balaban J connectivity index is 1.58. The second-order valence-corrected chi connectivity index (χ2v) is 10.2. The number of esters is 1. The van der Waals surface area contributed by atoms with Gasteiger partial charge in [-0.2, -0.15) is 5.10 Å². The number of ether oxygens (including phenoxy) is 2. The minimum atomic E-state index is -0.547. The SMILES string of the molecule is CCOC(=O)C1=CN2C(CC1=O)c1c3cccc(OCc4ccccc4)c3nn1CC2C(C)(C)CC. The highest BCUT2D eigenvalue weighted by molar-refractivity contribution is 6.18. The molecule has 2 aromatic carbocycles. The highest BCUT2D eigenvalue weighted by Gasteiger charge is 2.46. The molecular weight excluding hydrogens is 454 g/mol. The first-order valence-corrected chi connectivity index (χ1v) is 12.7. The predicted molar refractivity (Wildman–Crippen MR) is 137 cm³/mol. The van der Waals surface area contributed by atoms with Crippen molar-refractivity contribution < 1.29 is 19.1 Å². The molecule has 7 nitrogen and oxygen atoms in total. The summed E-state index contributed by atoms with van der Waals surface area (Å²) < 4.78 is 13.5.